The largest absolute Gasteiger partial charge is 0.491 e. The third-order valence-corrected chi connectivity index (χ3v) is 3.23. The summed E-state index contributed by atoms with van der Waals surface area (Å²) < 4.78 is 5.69. The number of nitrogens with zero attached hydrogens (tertiary/aromatic N) is 1. The number of hydrogen-bond acceptors (Lipinski definition) is 3. The number of carboxylic acids is 1. The average molecular weight is 294 g/mol. The number of aliphatic carboxylic acids is 1. The summed E-state index contributed by atoms with van der Waals surface area (Å²) in [5.74, 6) is -0.261. The van der Waals surface area contributed by atoms with Gasteiger partial charge in [-0.05, 0) is 38.0 Å². The number of aryl methyl sites for hydroxylation is 1. The molecule has 2 amide bonds. The molecule has 0 aliphatic carbocycles. The number of nitrogens with one attached hydrogen (secondary N) is 1. The van der Waals surface area contributed by atoms with Gasteiger partial charge in [-0.25, -0.2) is 4.79 Å². The lowest BCUT2D eigenvalue weighted by atomic mass is 10.1. The van der Waals surface area contributed by atoms with Crippen LogP contribution in [0.25, 0.3) is 0 Å². The van der Waals surface area contributed by atoms with Gasteiger partial charge in [-0.2, -0.15) is 0 Å². The van der Waals surface area contributed by atoms with Crippen LogP contribution < -0.4 is 10.1 Å². The van der Waals surface area contributed by atoms with E-state index in [0.717, 1.165) is 16.9 Å². The highest BCUT2D eigenvalue weighted by molar-refractivity contribution is 5.79. The van der Waals surface area contributed by atoms with Gasteiger partial charge in [-0.3, -0.25) is 4.79 Å². The molecule has 0 bridgehead atoms. The number of urea groups is 1. The zero-order valence-corrected chi connectivity index (χ0v) is 12.7. The fourth-order valence-electron chi connectivity index (χ4n) is 1.81. The van der Waals surface area contributed by atoms with Crippen molar-refractivity contribution >= 4 is 12.0 Å². The second-order valence-electron chi connectivity index (χ2n) is 4.68. The van der Waals surface area contributed by atoms with Crippen LogP contribution >= 0.6 is 0 Å². The molecule has 0 radical (unpaired) electrons. The van der Waals surface area contributed by atoms with Crippen molar-refractivity contribution < 1.29 is 19.4 Å². The number of benzene rings is 1. The van der Waals surface area contributed by atoms with Crippen LogP contribution in [0, 0.1) is 13.8 Å². The second kappa shape index (κ2) is 8.14. The molecule has 1 aromatic carbocycles. The number of rotatable bonds is 7. The van der Waals surface area contributed by atoms with Gasteiger partial charge in [-0.15, -0.1) is 0 Å². The summed E-state index contributed by atoms with van der Waals surface area (Å²) in [7, 11) is 0. The third kappa shape index (κ3) is 5.33. The van der Waals surface area contributed by atoms with Gasteiger partial charge >= 0.3 is 12.0 Å². The summed E-state index contributed by atoms with van der Waals surface area (Å²) in [6, 6.07) is 5.43. The fraction of sp³-hybridized carbons (Fsp3) is 0.467. The second-order valence-corrected chi connectivity index (χ2v) is 4.68. The Balaban J connectivity index is 2.46. The van der Waals surface area contributed by atoms with Crippen molar-refractivity contribution in [2.24, 2.45) is 0 Å². The quantitative estimate of drug-likeness (QED) is 0.803. The van der Waals surface area contributed by atoms with E-state index >= 15 is 0 Å². The van der Waals surface area contributed by atoms with Crippen LogP contribution in [0.1, 0.15) is 18.1 Å². The maximum Gasteiger partial charge on any atom is 0.323 e. The van der Waals surface area contributed by atoms with Crippen LogP contribution in [0.5, 0.6) is 5.75 Å². The van der Waals surface area contributed by atoms with Gasteiger partial charge in [0.15, 0.2) is 0 Å². The molecule has 1 aromatic rings. The van der Waals surface area contributed by atoms with Gasteiger partial charge in [0.25, 0.3) is 0 Å². The van der Waals surface area contributed by atoms with Gasteiger partial charge in [-0.1, -0.05) is 12.1 Å². The summed E-state index contributed by atoms with van der Waals surface area (Å²) >= 11 is 0. The van der Waals surface area contributed by atoms with E-state index in [1.165, 1.54) is 4.90 Å². The number of carbonyl (C=O) groups excluding carboxylic acids is 1. The Morgan fingerprint density at radius 1 is 1.33 bits per heavy atom. The van der Waals surface area contributed by atoms with Gasteiger partial charge in [0.2, 0.25) is 0 Å². The molecule has 0 aliphatic rings. The van der Waals surface area contributed by atoms with E-state index in [9.17, 15) is 9.59 Å². The van der Waals surface area contributed by atoms with Crippen LogP contribution in [0.2, 0.25) is 0 Å². The molecule has 1 rings (SSSR count). The Bertz CT molecular complexity index is 502. The first kappa shape index (κ1) is 16.8. The van der Waals surface area contributed by atoms with Gasteiger partial charge < -0.3 is 20.1 Å². The number of likely N-dealkylation sites (N-methyl/N-ethyl adjacent to an activating group) is 1. The van der Waals surface area contributed by atoms with Crippen molar-refractivity contribution in [1.82, 2.24) is 10.2 Å². The van der Waals surface area contributed by atoms with E-state index in [2.05, 4.69) is 5.32 Å². The molecule has 0 atom stereocenters. The molecule has 0 saturated heterocycles. The smallest absolute Gasteiger partial charge is 0.323 e. The fourth-order valence-corrected chi connectivity index (χ4v) is 1.81. The molecule has 0 aromatic heterocycles. The molecule has 0 aliphatic heterocycles. The lowest BCUT2D eigenvalue weighted by molar-refractivity contribution is -0.135. The average Bonchev–Trinajstić information content (AvgIpc) is 2.45. The van der Waals surface area contributed by atoms with E-state index in [-0.39, 0.29) is 6.54 Å². The maximum atomic E-state index is 11.7. The van der Waals surface area contributed by atoms with E-state index < -0.39 is 12.0 Å². The van der Waals surface area contributed by atoms with Crippen LogP contribution in [0.4, 0.5) is 4.79 Å². The zero-order chi connectivity index (χ0) is 15.8. The number of carboxylic acid groups (broad SMARTS) is 1. The Kier molecular flexibility index (Phi) is 6.52. The van der Waals surface area contributed by atoms with Crippen LogP contribution in [0.15, 0.2) is 18.2 Å². The Hall–Kier alpha value is -2.24. The van der Waals surface area contributed by atoms with Gasteiger partial charge in [0, 0.05) is 6.54 Å². The minimum absolute atomic E-state index is 0.360. The predicted molar refractivity (Wildman–Crippen MR) is 79.7 cm³/mol. The molecule has 0 fully saturated rings. The molecule has 0 unspecified atom stereocenters. The predicted octanol–water partition coefficient (Wildman–Crippen LogP) is 1.80. The minimum atomic E-state index is -1.06. The highest BCUT2D eigenvalue weighted by Crippen LogP contribution is 2.20. The van der Waals surface area contributed by atoms with Crippen molar-refractivity contribution in [3.8, 4) is 5.75 Å². The first-order chi connectivity index (χ1) is 9.95. The van der Waals surface area contributed by atoms with Crippen LogP contribution in [0.3, 0.4) is 0 Å². The highest BCUT2D eigenvalue weighted by atomic mass is 16.5. The summed E-state index contributed by atoms with van der Waals surface area (Å²) in [5.41, 5.74) is 2.23. The summed E-state index contributed by atoms with van der Waals surface area (Å²) in [4.78, 5) is 23.7. The van der Waals surface area contributed by atoms with Crippen molar-refractivity contribution in [3.63, 3.8) is 0 Å². The number of carbonyl (C=O) groups is 2. The summed E-state index contributed by atoms with van der Waals surface area (Å²) in [6.45, 7) is 6.70. The molecule has 21 heavy (non-hydrogen) atoms. The third-order valence-electron chi connectivity index (χ3n) is 3.23. The molecule has 0 saturated carbocycles. The SMILES string of the molecule is CCN(CCOc1cccc(C)c1C)C(=O)NCC(=O)O. The van der Waals surface area contributed by atoms with E-state index in [1.807, 2.05) is 39.0 Å². The molecule has 0 spiro atoms. The monoisotopic (exact) mass is 294 g/mol. The zero-order valence-electron chi connectivity index (χ0n) is 12.7. The first-order valence-electron chi connectivity index (χ1n) is 6.89. The Morgan fingerprint density at radius 3 is 2.67 bits per heavy atom. The number of amides is 2. The molecule has 2 N–H and O–H groups in total. The summed E-state index contributed by atoms with van der Waals surface area (Å²) in [6.07, 6.45) is 0. The lowest BCUT2D eigenvalue weighted by Gasteiger charge is -2.21. The normalized spacial score (nSPS) is 10.0. The van der Waals surface area contributed by atoms with Gasteiger partial charge in [0.05, 0.1) is 6.54 Å². The topological polar surface area (TPSA) is 78.9 Å². The van der Waals surface area contributed by atoms with E-state index in [1.54, 1.807) is 0 Å². The number of ether oxygens (including phenoxy) is 1. The standard InChI is InChI=1S/C15H22N2O4/c1-4-17(15(20)16-10-14(18)19)8-9-21-13-7-5-6-11(2)12(13)3/h5-7H,4,8-10H2,1-3H3,(H,16,20)(H,18,19). The van der Waals surface area contributed by atoms with Gasteiger partial charge in [0.1, 0.15) is 18.9 Å². The summed E-state index contributed by atoms with van der Waals surface area (Å²) in [5, 5.41) is 10.9. The molecule has 116 valence electrons. The van der Waals surface area contributed by atoms with Crippen LogP contribution in [-0.4, -0.2) is 48.2 Å². The van der Waals surface area contributed by atoms with Crippen molar-refractivity contribution in [1.29, 1.82) is 0 Å². The van der Waals surface area contributed by atoms with E-state index in [0.29, 0.717) is 19.7 Å². The molecule has 6 heteroatoms. The highest BCUT2D eigenvalue weighted by Gasteiger charge is 2.12. The maximum absolute atomic E-state index is 11.7. The first-order valence-corrected chi connectivity index (χ1v) is 6.89. The van der Waals surface area contributed by atoms with Crippen molar-refractivity contribution in [2.75, 3.05) is 26.2 Å². The Labute approximate surface area is 124 Å². The Morgan fingerprint density at radius 2 is 2.05 bits per heavy atom. The lowest BCUT2D eigenvalue weighted by Crippen LogP contribution is -2.43. The number of hydrogen-bond donors (Lipinski definition) is 2. The molecule has 6 nitrogen and oxygen atoms in total. The van der Waals surface area contributed by atoms with Crippen molar-refractivity contribution in [2.45, 2.75) is 20.8 Å². The van der Waals surface area contributed by atoms with Crippen LogP contribution in [-0.2, 0) is 4.79 Å². The van der Waals surface area contributed by atoms with Crippen molar-refractivity contribution in [3.05, 3.63) is 29.3 Å². The molecule has 0 heterocycles. The minimum Gasteiger partial charge on any atom is -0.491 e. The van der Waals surface area contributed by atoms with E-state index in [4.69, 9.17) is 9.84 Å². The molecular weight excluding hydrogens is 272 g/mol. The molecular formula is C15H22N2O4.